The summed E-state index contributed by atoms with van der Waals surface area (Å²) in [6.07, 6.45) is 5.31. The zero-order valence-corrected chi connectivity index (χ0v) is 18.0. The number of rotatable bonds is 7. The summed E-state index contributed by atoms with van der Waals surface area (Å²) >= 11 is 0. The van der Waals surface area contributed by atoms with E-state index in [-0.39, 0.29) is 35.5 Å². The topological polar surface area (TPSA) is 52.6 Å². The number of fused-ring (bicyclic) bond motifs is 2. The van der Waals surface area contributed by atoms with E-state index in [2.05, 4.69) is 27.4 Å². The number of ether oxygens (including phenoxy) is 2. The van der Waals surface area contributed by atoms with Gasteiger partial charge in [0, 0.05) is 17.4 Å². The lowest BCUT2D eigenvalue weighted by Crippen LogP contribution is -2.38. The third kappa shape index (κ3) is 3.90. The van der Waals surface area contributed by atoms with Crippen molar-refractivity contribution < 1.29 is 19.1 Å². The van der Waals surface area contributed by atoms with Gasteiger partial charge in [0.1, 0.15) is 6.10 Å². The van der Waals surface area contributed by atoms with E-state index in [1.54, 1.807) is 37.3 Å². The van der Waals surface area contributed by atoms with Gasteiger partial charge in [-0.15, -0.1) is 0 Å². The first-order valence-electron chi connectivity index (χ1n) is 10.5. The lowest BCUT2D eigenvalue weighted by atomic mass is 9.70. The average molecular weight is 397 g/mol. The zero-order chi connectivity index (χ0) is 21.2. The molecular weight excluding hydrogens is 364 g/mol. The summed E-state index contributed by atoms with van der Waals surface area (Å²) in [5.41, 5.74) is 2.04. The highest BCUT2D eigenvalue weighted by atomic mass is 16.5. The molecule has 2 aliphatic rings. The third-order valence-electron chi connectivity index (χ3n) is 7.61. The van der Waals surface area contributed by atoms with Crippen molar-refractivity contribution in [1.29, 1.82) is 0 Å². The van der Waals surface area contributed by atoms with Crippen LogP contribution in [0.5, 0.6) is 0 Å². The van der Waals surface area contributed by atoms with E-state index in [0.29, 0.717) is 23.5 Å². The van der Waals surface area contributed by atoms with Crippen molar-refractivity contribution in [3.63, 3.8) is 0 Å². The molecule has 4 heteroatoms. The fraction of sp³-hybridized carbons (Fsp3) is 0.520. The zero-order valence-electron chi connectivity index (χ0n) is 18.0. The second kappa shape index (κ2) is 8.17. The minimum Gasteiger partial charge on any atom is -0.462 e. The Morgan fingerprint density at radius 2 is 1.90 bits per heavy atom. The molecule has 0 aromatic heterocycles. The Morgan fingerprint density at radius 3 is 2.45 bits per heavy atom. The van der Waals surface area contributed by atoms with Crippen LogP contribution in [0, 0.1) is 16.7 Å². The van der Waals surface area contributed by atoms with Crippen molar-refractivity contribution in [3.8, 4) is 0 Å². The van der Waals surface area contributed by atoms with E-state index in [1.807, 2.05) is 6.07 Å². The van der Waals surface area contributed by atoms with Crippen LogP contribution in [0.1, 0.15) is 63.7 Å². The molecular formula is C25H32O4. The molecule has 1 aromatic rings. The van der Waals surface area contributed by atoms with Gasteiger partial charge in [-0.2, -0.15) is 0 Å². The van der Waals surface area contributed by atoms with Crippen molar-refractivity contribution in [2.24, 2.45) is 16.7 Å². The first kappa shape index (κ1) is 21.4. The monoisotopic (exact) mass is 396 g/mol. The molecule has 4 nitrogen and oxygen atoms in total. The van der Waals surface area contributed by atoms with Gasteiger partial charge in [-0.05, 0) is 55.2 Å². The molecule has 3 rings (SSSR count). The molecule has 3 atom stereocenters. The van der Waals surface area contributed by atoms with Crippen molar-refractivity contribution in [2.45, 2.75) is 59.5 Å². The van der Waals surface area contributed by atoms with Gasteiger partial charge in [-0.3, -0.25) is 0 Å². The van der Waals surface area contributed by atoms with Gasteiger partial charge < -0.3 is 9.47 Å². The van der Waals surface area contributed by atoms with Crippen LogP contribution < -0.4 is 0 Å². The van der Waals surface area contributed by atoms with Crippen LogP contribution in [0.2, 0.25) is 0 Å². The molecule has 2 bridgehead atoms. The first-order valence-corrected chi connectivity index (χ1v) is 10.5. The minimum atomic E-state index is -0.369. The standard InChI is InChI=1S/C25H32O4/c1-6-18(13-15-28-23(27)19-10-8-7-9-11-19)17(2)22(26)29-21-16-20-12-14-25(21,5)24(20,3)4/h6-11,20-21H,1,12-16H2,2-5H3/t20-,21?,25-/m1/s1. The van der Waals surface area contributed by atoms with Crippen LogP contribution in [0.15, 0.2) is 54.1 Å². The highest BCUT2D eigenvalue weighted by Gasteiger charge is 2.62. The lowest BCUT2D eigenvalue weighted by Gasteiger charge is -2.38. The fourth-order valence-corrected chi connectivity index (χ4v) is 5.01. The molecule has 0 heterocycles. The highest BCUT2D eigenvalue weighted by Crippen LogP contribution is 2.66. The Labute approximate surface area is 174 Å². The molecule has 1 unspecified atom stereocenters. The average Bonchev–Trinajstić information content (AvgIpc) is 3.04. The van der Waals surface area contributed by atoms with Gasteiger partial charge in [0.15, 0.2) is 0 Å². The molecule has 0 N–H and O–H groups in total. The van der Waals surface area contributed by atoms with Crippen LogP contribution in [0.4, 0.5) is 0 Å². The molecule has 0 saturated heterocycles. The molecule has 2 aliphatic carbocycles. The minimum absolute atomic E-state index is 0.0349. The summed E-state index contributed by atoms with van der Waals surface area (Å²) in [4.78, 5) is 24.9. The van der Waals surface area contributed by atoms with E-state index in [9.17, 15) is 9.59 Å². The van der Waals surface area contributed by atoms with Gasteiger partial charge >= 0.3 is 11.9 Å². The predicted octanol–water partition coefficient (Wildman–Crippen LogP) is 5.49. The van der Waals surface area contributed by atoms with Crippen LogP contribution in [-0.4, -0.2) is 24.6 Å². The second-order valence-electron chi connectivity index (χ2n) is 9.11. The number of carbonyl (C=O) groups is 2. The maximum Gasteiger partial charge on any atom is 0.338 e. The van der Waals surface area contributed by atoms with Gasteiger partial charge in [0.05, 0.1) is 12.2 Å². The van der Waals surface area contributed by atoms with E-state index in [0.717, 1.165) is 18.4 Å². The smallest absolute Gasteiger partial charge is 0.338 e. The van der Waals surface area contributed by atoms with E-state index in [4.69, 9.17) is 9.47 Å². The summed E-state index contributed by atoms with van der Waals surface area (Å²) in [5.74, 6) is -0.0406. The quantitative estimate of drug-likeness (QED) is 0.347. The van der Waals surface area contributed by atoms with Crippen LogP contribution in [0.25, 0.3) is 0 Å². The number of carbonyl (C=O) groups excluding carboxylic acids is 2. The summed E-state index contributed by atoms with van der Waals surface area (Å²) in [6.45, 7) is 12.6. The maximum absolute atomic E-state index is 12.8. The van der Waals surface area contributed by atoms with Crippen LogP contribution in [0.3, 0.4) is 0 Å². The molecule has 0 amide bonds. The summed E-state index contributed by atoms with van der Waals surface area (Å²) in [5, 5.41) is 0. The van der Waals surface area contributed by atoms with Crippen LogP contribution >= 0.6 is 0 Å². The molecule has 0 aliphatic heterocycles. The number of benzene rings is 1. The largest absolute Gasteiger partial charge is 0.462 e. The Kier molecular flexibility index (Phi) is 6.02. The fourth-order valence-electron chi connectivity index (χ4n) is 5.01. The second-order valence-corrected chi connectivity index (χ2v) is 9.11. The van der Waals surface area contributed by atoms with Crippen molar-refractivity contribution in [3.05, 3.63) is 59.7 Å². The normalized spacial score (nSPS) is 27.9. The number of hydrogen-bond donors (Lipinski definition) is 0. The Hall–Kier alpha value is -2.36. The van der Waals surface area contributed by atoms with Gasteiger partial charge in [0.25, 0.3) is 0 Å². The number of hydrogen-bond acceptors (Lipinski definition) is 4. The molecule has 0 radical (unpaired) electrons. The number of allylic oxidation sites excluding steroid dienone is 1. The SMILES string of the molecule is C=CC(CCOC(=O)c1ccccc1)=C(C)C(=O)OC1C[C@H]2CC[C@@]1(C)C2(C)C. The van der Waals surface area contributed by atoms with E-state index < -0.39 is 0 Å². The van der Waals surface area contributed by atoms with Crippen molar-refractivity contribution in [1.82, 2.24) is 0 Å². The van der Waals surface area contributed by atoms with Gasteiger partial charge in [-0.25, -0.2) is 9.59 Å². The molecule has 0 spiro atoms. The Bertz CT molecular complexity index is 820. The van der Waals surface area contributed by atoms with Crippen molar-refractivity contribution in [2.75, 3.05) is 6.61 Å². The molecule has 1 aromatic carbocycles. The summed E-state index contributed by atoms with van der Waals surface area (Å²) < 4.78 is 11.3. The van der Waals surface area contributed by atoms with E-state index >= 15 is 0 Å². The predicted molar refractivity (Wildman–Crippen MR) is 113 cm³/mol. The van der Waals surface area contributed by atoms with Gasteiger partial charge in [0.2, 0.25) is 0 Å². The highest BCUT2D eigenvalue weighted by molar-refractivity contribution is 5.90. The Morgan fingerprint density at radius 1 is 1.21 bits per heavy atom. The molecule has 2 fully saturated rings. The summed E-state index contributed by atoms with van der Waals surface area (Å²) in [7, 11) is 0. The summed E-state index contributed by atoms with van der Waals surface area (Å²) in [6, 6.07) is 8.87. The van der Waals surface area contributed by atoms with E-state index in [1.165, 1.54) is 6.42 Å². The van der Waals surface area contributed by atoms with Crippen LogP contribution in [-0.2, 0) is 14.3 Å². The first-order chi connectivity index (χ1) is 13.7. The lowest BCUT2D eigenvalue weighted by molar-refractivity contribution is -0.152. The van der Waals surface area contributed by atoms with Gasteiger partial charge in [-0.1, -0.05) is 51.6 Å². The maximum atomic E-state index is 12.8. The van der Waals surface area contributed by atoms with Crippen molar-refractivity contribution >= 4 is 11.9 Å². The molecule has 2 saturated carbocycles. The number of esters is 2. The molecule has 156 valence electrons. The third-order valence-corrected chi connectivity index (χ3v) is 7.61. The molecule has 29 heavy (non-hydrogen) atoms. The Balaban J connectivity index is 1.59.